The van der Waals surface area contributed by atoms with Gasteiger partial charge in [0.15, 0.2) is 5.96 Å². The fraction of sp³-hybridized carbons (Fsp3) is 0.667. The Morgan fingerprint density at radius 2 is 2.12 bits per heavy atom. The van der Waals surface area contributed by atoms with E-state index in [-0.39, 0.29) is 12.5 Å². The van der Waals surface area contributed by atoms with Crippen LogP contribution in [0.3, 0.4) is 0 Å². The lowest BCUT2D eigenvalue weighted by Gasteiger charge is -2.37. The maximum atomic E-state index is 11.9. The van der Waals surface area contributed by atoms with Gasteiger partial charge in [-0.25, -0.2) is 4.99 Å². The van der Waals surface area contributed by atoms with Crippen molar-refractivity contribution in [2.45, 2.75) is 13.3 Å². The molecule has 1 aromatic rings. The van der Waals surface area contributed by atoms with Crippen LogP contribution in [0, 0.1) is 0 Å². The molecule has 2 heterocycles. The normalized spacial score (nSPS) is 15.3. The van der Waals surface area contributed by atoms with E-state index in [9.17, 15) is 4.79 Å². The molecule has 1 N–H and O–H groups in total. The van der Waals surface area contributed by atoms with E-state index in [1.165, 1.54) is 5.00 Å². The third-order valence-electron chi connectivity index (χ3n) is 4.21. The van der Waals surface area contributed by atoms with Gasteiger partial charge in [0, 0.05) is 60.0 Å². The van der Waals surface area contributed by atoms with Gasteiger partial charge in [0.25, 0.3) is 0 Å². The highest BCUT2D eigenvalue weighted by Crippen LogP contribution is 2.22. The van der Waals surface area contributed by atoms with Gasteiger partial charge in [0.2, 0.25) is 5.91 Å². The Morgan fingerprint density at radius 3 is 2.73 bits per heavy atom. The molecule has 8 heteroatoms. The number of nitrogens with one attached hydrogen (secondary N) is 1. The summed E-state index contributed by atoms with van der Waals surface area (Å²) < 4.78 is 5.39. The molecular formula is C18H31N5O2S. The summed E-state index contributed by atoms with van der Waals surface area (Å²) >= 11 is 1.78. The van der Waals surface area contributed by atoms with Crippen molar-refractivity contribution in [2.75, 3.05) is 71.5 Å². The van der Waals surface area contributed by atoms with Gasteiger partial charge in [-0.15, -0.1) is 11.3 Å². The summed E-state index contributed by atoms with van der Waals surface area (Å²) in [6.45, 7) is 8.15. The van der Waals surface area contributed by atoms with E-state index in [4.69, 9.17) is 4.74 Å². The molecule has 0 aliphatic carbocycles. The Balaban J connectivity index is 1.89. The molecule has 0 aromatic carbocycles. The first-order valence-electron chi connectivity index (χ1n) is 9.21. The van der Waals surface area contributed by atoms with Gasteiger partial charge < -0.3 is 24.8 Å². The zero-order valence-electron chi connectivity index (χ0n) is 16.1. The lowest BCUT2D eigenvalue weighted by atomic mass is 10.3. The molecule has 1 fully saturated rings. The van der Waals surface area contributed by atoms with Gasteiger partial charge in [-0.05, 0) is 30.9 Å². The molecule has 146 valence electrons. The molecule has 1 aliphatic heterocycles. The summed E-state index contributed by atoms with van der Waals surface area (Å²) in [5, 5.41) is 6.83. The van der Waals surface area contributed by atoms with E-state index in [0.29, 0.717) is 0 Å². The number of nitrogens with zero attached hydrogens (tertiary/aromatic N) is 4. The van der Waals surface area contributed by atoms with Gasteiger partial charge in [0.1, 0.15) is 6.54 Å². The fourth-order valence-electron chi connectivity index (χ4n) is 2.66. The van der Waals surface area contributed by atoms with E-state index in [1.807, 2.05) is 6.92 Å². The van der Waals surface area contributed by atoms with Crippen molar-refractivity contribution in [3.63, 3.8) is 0 Å². The predicted molar refractivity (Wildman–Crippen MR) is 108 cm³/mol. The van der Waals surface area contributed by atoms with Gasteiger partial charge in [-0.1, -0.05) is 0 Å². The quantitative estimate of drug-likeness (QED) is 0.418. The van der Waals surface area contributed by atoms with E-state index >= 15 is 0 Å². The van der Waals surface area contributed by atoms with E-state index in [1.54, 1.807) is 30.3 Å². The number of hydrogen-bond donors (Lipinski definition) is 1. The summed E-state index contributed by atoms with van der Waals surface area (Å²) in [6, 6.07) is 4.25. The standard InChI is InChI=1S/C18H31N5O2S/c1-4-25-13-6-8-19-18(20-15-16(24)21(2)3)23-11-9-22(10-12-23)17-7-5-14-26-17/h5,7,14H,4,6,8-13,15H2,1-3H3,(H,19,20). The Labute approximate surface area is 160 Å². The van der Waals surface area contributed by atoms with Gasteiger partial charge >= 0.3 is 0 Å². The number of aliphatic imine (C=N–C) groups is 1. The van der Waals surface area contributed by atoms with Crippen LogP contribution in [0.25, 0.3) is 0 Å². The molecule has 0 spiro atoms. The summed E-state index contributed by atoms with van der Waals surface area (Å²) in [5.74, 6) is 0.832. The fourth-order valence-corrected chi connectivity index (χ4v) is 3.44. The topological polar surface area (TPSA) is 60.4 Å². The average Bonchev–Trinajstić information content (AvgIpc) is 3.18. The van der Waals surface area contributed by atoms with Gasteiger partial charge in [-0.2, -0.15) is 0 Å². The number of piperazine rings is 1. The molecule has 0 atom stereocenters. The first-order valence-corrected chi connectivity index (χ1v) is 10.1. The molecule has 0 unspecified atom stereocenters. The first kappa shape index (κ1) is 20.5. The lowest BCUT2D eigenvalue weighted by Crippen LogP contribution is -2.52. The summed E-state index contributed by atoms with van der Waals surface area (Å²) in [4.78, 5) is 22.7. The van der Waals surface area contributed by atoms with Crippen molar-refractivity contribution >= 4 is 28.2 Å². The Bertz CT molecular complexity index is 554. The lowest BCUT2D eigenvalue weighted by molar-refractivity contribution is -0.127. The highest BCUT2D eigenvalue weighted by atomic mass is 32.1. The molecular weight excluding hydrogens is 350 g/mol. The molecule has 1 aromatic heterocycles. The number of likely N-dealkylation sites (N-methyl/N-ethyl adjacent to an activating group) is 1. The number of amides is 1. The summed E-state index contributed by atoms with van der Waals surface area (Å²) in [5.41, 5.74) is 0. The number of rotatable bonds is 8. The van der Waals surface area contributed by atoms with Crippen LogP contribution in [0.1, 0.15) is 13.3 Å². The Morgan fingerprint density at radius 1 is 1.35 bits per heavy atom. The van der Waals surface area contributed by atoms with Crippen LogP contribution in [0.4, 0.5) is 5.00 Å². The summed E-state index contributed by atoms with van der Waals surface area (Å²) in [6.07, 6.45) is 0.920. The van der Waals surface area contributed by atoms with Crippen molar-refractivity contribution in [1.82, 2.24) is 15.1 Å². The van der Waals surface area contributed by atoms with Crippen molar-refractivity contribution in [3.8, 4) is 0 Å². The maximum Gasteiger partial charge on any atom is 0.243 e. The minimum atomic E-state index is 0.0100. The van der Waals surface area contributed by atoms with Crippen molar-refractivity contribution in [3.05, 3.63) is 17.5 Å². The number of carbonyl (C=O) groups excluding carboxylic acids is 1. The van der Waals surface area contributed by atoms with Crippen molar-refractivity contribution in [2.24, 2.45) is 4.99 Å². The van der Waals surface area contributed by atoms with Gasteiger partial charge in [-0.3, -0.25) is 4.79 Å². The number of carbonyl (C=O) groups is 1. The van der Waals surface area contributed by atoms with Crippen LogP contribution in [0.2, 0.25) is 0 Å². The predicted octanol–water partition coefficient (Wildman–Crippen LogP) is 1.33. The second-order valence-electron chi connectivity index (χ2n) is 6.33. The molecule has 0 saturated carbocycles. The SMILES string of the molecule is CCOCCCNC(=NCC(=O)N(C)C)N1CCN(c2cccs2)CC1. The summed E-state index contributed by atoms with van der Waals surface area (Å²) in [7, 11) is 3.51. The molecule has 1 amide bonds. The number of anilines is 1. The minimum absolute atomic E-state index is 0.0100. The molecule has 26 heavy (non-hydrogen) atoms. The maximum absolute atomic E-state index is 11.9. The van der Waals surface area contributed by atoms with Crippen LogP contribution < -0.4 is 10.2 Å². The molecule has 1 saturated heterocycles. The highest BCUT2D eigenvalue weighted by Gasteiger charge is 2.20. The third-order valence-corrected chi connectivity index (χ3v) is 5.14. The number of guanidine groups is 1. The molecule has 1 aliphatic rings. The van der Waals surface area contributed by atoms with Gasteiger partial charge in [0.05, 0.1) is 5.00 Å². The number of ether oxygens (including phenoxy) is 1. The van der Waals surface area contributed by atoms with E-state index < -0.39 is 0 Å². The molecule has 2 rings (SSSR count). The molecule has 0 radical (unpaired) electrons. The first-order chi connectivity index (χ1) is 12.6. The highest BCUT2D eigenvalue weighted by molar-refractivity contribution is 7.14. The van der Waals surface area contributed by atoms with E-state index in [0.717, 1.165) is 58.3 Å². The second-order valence-corrected chi connectivity index (χ2v) is 7.26. The molecule has 7 nitrogen and oxygen atoms in total. The number of thiophene rings is 1. The monoisotopic (exact) mass is 381 g/mol. The average molecular weight is 382 g/mol. The molecule has 0 bridgehead atoms. The van der Waals surface area contributed by atoms with Crippen LogP contribution in [-0.4, -0.2) is 88.2 Å². The smallest absolute Gasteiger partial charge is 0.243 e. The number of hydrogen-bond acceptors (Lipinski definition) is 5. The Hall–Kier alpha value is -1.80. The van der Waals surface area contributed by atoms with Crippen molar-refractivity contribution < 1.29 is 9.53 Å². The zero-order valence-corrected chi connectivity index (χ0v) is 16.9. The van der Waals surface area contributed by atoms with Crippen molar-refractivity contribution in [1.29, 1.82) is 0 Å². The van der Waals surface area contributed by atoms with Crippen LogP contribution in [0.15, 0.2) is 22.5 Å². The van der Waals surface area contributed by atoms with E-state index in [2.05, 4.69) is 37.6 Å². The largest absolute Gasteiger partial charge is 0.382 e. The van der Waals surface area contributed by atoms with Crippen LogP contribution in [-0.2, 0) is 9.53 Å². The second kappa shape index (κ2) is 11.0. The van der Waals surface area contributed by atoms with Crippen LogP contribution >= 0.6 is 11.3 Å². The zero-order chi connectivity index (χ0) is 18.8. The van der Waals surface area contributed by atoms with Crippen LogP contribution in [0.5, 0.6) is 0 Å². The Kier molecular flexibility index (Phi) is 8.70. The third kappa shape index (κ3) is 6.49. The minimum Gasteiger partial charge on any atom is -0.382 e.